The average molecular weight is 630 g/mol. The first kappa shape index (κ1) is 27.0. The molecule has 1 aliphatic carbocycles. The molecule has 4 heterocycles. The summed E-state index contributed by atoms with van der Waals surface area (Å²) in [4.78, 5) is 11.1. The Morgan fingerprint density at radius 2 is 1.37 bits per heavy atom. The van der Waals surface area contributed by atoms with Crippen LogP contribution in [-0.2, 0) is 12.8 Å². The van der Waals surface area contributed by atoms with Crippen molar-refractivity contribution in [2.24, 2.45) is 15.9 Å². The summed E-state index contributed by atoms with van der Waals surface area (Å²) in [6, 6.07) is 50.3. The van der Waals surface area contributed by atoms with Gasteiger partial charge in [-0.05, 0) is 59.0 Å². The van der Waals surface area contributed by atoms with Crippen LogP contribution in [0.1, 0.15) is 40.5 Å². The molecule has 3 aliphatic rings. The van der Waals surface area contributed by atoms with Gasteiger partial charge in [0, 0.05) is 50.9 Å². The van der Waals surface area contributed by atoms with Crippen LogP contribution in [0.4, 0.5) is 0 Å². The van der Waals surface area contributed by atoms with Gasteiger partial charge >= 0.3 is 0 Å². The van der Waals surface area contributed by atoms with Gasteiger partial charge in [0.25, 0.3) is 0 Å². The van der Waals surface area contributed by atoms with Gasteiger partial charge in [-0.1, -0.05) is 115 Å². The third-order valence-electron chi connectivity index (χ3n) is 10.9. The van der Waals surface area contributed by atoms with Crippen molar-refractivity contribution in [3.8, 4) is 0 Å². The second-order valence-electron chi connectivity index (χ2n) is 13.6. The Kier molecular flexibility index (Phi) is 5.65. The summed E-state index contributed by atoms with van der Waals surface area (Å²) in [6.07, 6.45) is 2.50. The number of amidine groups is 1. The van der Waals surface area contributed by atoms with Crippen LogP contribution in [0.2, 0.25) is 0 Å². The van der Waals surface area contributed by atoms with Gasteiger partial charge < -0.3 is 8.98 Å². The number of hydrogen-bond donors (Lipinski definition) is 0. The van der Waals surface area contributed by atoms with Crippen LogP contribution < -0.4 is 0 Å². The van der Waals surface area contributed by atoms with Crippen molar-refractivity contribution in [2.45, 2.75) is 25.3 Å². The van der Waals surface area contributed by atoms with E-state index >= 15 is 0 Å². The largest absolute Gasteiger partial charge is 0.460 e. The van der Waals surface area contributed by atoms with E-state index in [9.17, 15) is 0 Å². The molecule has 8 aromatic rings. The van der Waals surface area contributed by atoms with Crippen LogP contribution >= 0.6 is 0 Å². The van der Waals surface area contributed by atoms with Crippen LogP contribution in [0.25, 0.3) is 54.8 Å². The second kappa shape index (κ2) is 10.2. The average Bonchev–Trinajstić information content (AvgIpc) is 3.69. The topological polar surface area (TPSA) is 42.8 Å². The van der Waals surface area contributed by atoms with Gasteiger partial charge in [0.2, 0.25) is 0 Å². The van der Waals surface area contributed by atoms with Crippen LogP contribution in [0.5, 0.6) is 0 Å². The molecule has 0 spiro atoms. The molecular formula is C45H31N3O. The molecule has 2 bridgehead atoms. The highest BCUT2D eigenvalue weighted by Crippen LogP contribution is 2.49. The summed E-state index contributed by atoms with van der Waals surface area (Å²) >= 11 is 0. The summed E-state index contributed by atoms with van der Waals surface area (Å²) in [5.41, 5.74) is 11.7. The molecule has 6 aromatic carbocycles. The zero-order valence-electron chi connectivity index (χ0n) is 26.8. The zero-order valence-corrected chi connectivity index (χ0v) is 26.8. The number of benzene rings is 6. The van der Waals surface area contributed by atoms with Gasteiger partial charge in [0.15, 0.2) is 5.84 Å². The van der Waals surface area contributed by atoms with Gasteiger partial charge in [-0.3, -0.25) is 4.99 Å². The van der Waals surface area contributed by atoms with E-state index in [1.807, 2.05) is 0 Å². The Balaban J connectivity index is 1.30. The lowest BCUT2D eigenvalue weighted by Crippen LogP contribution is -2.31. The molecule has 2 unspecified atom stereocenters. The SMILES string of the molecule is c1ccc(C2=NC(c3ccccc3)C3Cc4ccc5c6cc7ccccc7cc6n(c5c4)C4=C(C3=N2)c2c(oc3ccccc23)CC4)cc1. The maximum atomic E-state index is 6.66. The van der Waals surface area contributed by atoms with Gasteiger partial charge in [0.05, 0.1) is 22.8 Å². The molecule has 0 amide bonds. The summed E-state index contributed by atoms with van der Waals surface area (Å²) in [6.45, 7) is 0. The Morgan fingerprint density at radius 3 is 2.22 bits per heavy atom. The van der Waals surface area contributed by atoms with E-state index in [4.69, 9.17) is 14.4 Å². The first-order valence-electron chi connectivity index (χ1n) is 17.3. The van der Waals surface area contributed by atoms with Crippen LogP contribution in [0.15, 0.2) is 154 Å². The Morgan fingerprint density at radius 1 is 0.633 bits per heavy atom. The third-order valence-corrected chi connectivity index (χ3v) is 10.9. The fourth-order valence-corrected chi connectivity index (χ4v) is 8.70. The molecule has 0 radical (unpaired) electrons. The van der Waals surface area contributed by atoms with E-state index in [0.29, 0.717) is 0 Å². The van der Waals surface area contributed by atoms with E-state index in [1.165, 1.54) is 60.5 Å². The van der Waals surface area contributed by atoms with Gasteiger partial charge in [-0.25, -0.2) is 4.99 Å². The standard InChI is InChI=1S/C45H31N3O/c1-3-11-28(12-4-1)43-35-23-27-19-20-32-34-25-30-15-7-8-16-31(30)26-38(34)48(37(32)24-27)36-21-22-40-41(33-17-9-10-18-39(33)49-40)42(36)44(35)47-45(46-43)29-13-5-2-6-14-29/h1-20,24-26,35,43H,21-23H2. The normalized spacial score (nSPS) is 18.5. The molecule has 0 saturated heterocycles. The minimum atomic E-state index is -0.102. The quantitative estimate of drug-likeness (QED) is 0.188. The van der Waals surface area contributed by atoms with Crippen molar-refractivity contribution in [1.29, 1.82) is 0 Å². The summed E-state index contributed by atoms with van der Waals surface area (Å²) in [7, 11) is 0. The third kappa shape index (κ3) is 3.98. The highest BCUT2D eigenvalue weighted by molar-refractivity contribution is 6.36. The van der Waals surface area contributed by atoms with Crippen molar-refractivity contribution in [1.82, 2.24) is 4.57 Å². The molecule has 49 heavy (non-hydrogen) atoms. The minimum absolute atomic E-state index is 0.0219. The number of aliphatic imine (C=N–C) groups is 2. The lowest BCUT2D eigenvalue weighted by atomic mass is 9.77. The van der Waals surface area contributed by atoms with Crippen LogP contribution in [0, 0.1) is 5.92 Å². The molecule has 2 aromatic heterocycles. The maximum Gasteiger partial charge on any atom is 0.155 e. The van der Waals surface area contributed by atoms with E-state index in [1.54, 1.807) is 0 Å². The maximum absolute atomic E-state index is 6.66. The number of fused-ring (bicyclic) bond motifs is 12. The number of nitrogens with zero attached hydrogens (tertiary/aromatic N) is 3. The molecule has 2 aliphatic heterocycles. The van der Waals surface area contributed by atoms with Gasteiger partial charge in [-0.15, -0.1) is 0 Å². The predicted octanol–water partition coefficient (Wildman–Crippen LogP) is 10.8. The number of aryl methyl sites for hydroxylation is 1. The smallest absolute Gasteiger partial charge is 0.155 e. The molecule has 232 valence electrons. The fraction of sp³-hybridized carbons (Fsp3) is 0.111. The Bertz CT molecular complexity index is 2740. The molecule has 0 fully saturated rings. The fourth-order valence-electron chi connectivity index (χ4n) is 8.70. The van der Waals surface area contributed by atoms with E-state index in [0.717, 1.165) is 53.1 Å². The number of furan rings is 1. The van der Waals surface area contributed by atoms with E-state index in [2.05, 4.69) is 144 Å². The molecular weight excluding hydrogens is 599 g/mol. The lowest BCUT2D eigenvalue weighted by molar-refractivity contribution is 0.541. The molecule has 0 saturated carbocycles. The van der Waals surface area contributed by atoms with Crippen molar-refractivity contribution < 1.29 is 4.42 Å². The van der Waals surface area contributed by atoms with Crippen molar-refractivity contribution in [2.75, 3.05) is 0 Å². The zero-order chi connectivity index (χ0) is 32.1. The summed E-state index contributed by atoms with van der Waals surface area (Å²) in [5, 5.41) is 6.22. The summed E-state index contributed by atoms with van der Waals surface area (Å²) < 4.78 is 9.23. The first-order valence-corrected chi connectivity index (χ1v) is 17.3. The Labute approximate surface area is 283 Å². The number of allylic oxidation sites excluding steroid dienone is 2. The number of rotatable bonds is 2. The highest BCUT2D eigenvalue weighted by Gasteiger charge is 2.40. The molecule has 4 heteroatoms. The molecule has 11 rings (SSSR count). The molecule has 2 atom stereocenters. The number of aromatic nitrogens is 1. The van der Waals surface area contributed by atoms with Crippen LogP contribution in [-0.4, -0.2) is 16.1 Å². The van der Waals surface area contributed by atoms with Crippen LogP contribution in [0.3, 0.4) is 0 Å². The Hall–Kier alpha value is -6.00. The van der Waals surface area contributed by atoms with E-state index in [-0.39, 0.29) is 12.0 Å². The summed E-state index contributed by atoms with van der Waals surface area (Å²) in [5.74, 6) is 1.85. The van der Waals surface area contributed by atoms with Gasteiger partial charge in [0.1, 0.15) is 11.3 Å². The minimum Gasteiger partial charge on any atom is -0.460 e. The van der Waals surface area contributed by atoms with E-state index < -0.39 is 0 Å². The van der Waals surface area contributed by atoms with Crippen molar-refractivity contribution in [3.63, 3.8) is 0 Å². The van der Waals surface area contributed by atoms with Crippen molar-refractivity contribution >= 4 is 66.4 Å². The molecule has 0 N–H and O–H groups in total. The highest BCUT2D eigenvalue weighted by atomic mass is 16.3. The predicted molar refractivity (Wildman–Crippen MR) is 201 cm³/mol. The number of hydrogen-bond acceptors (Lipinski definition) is 3. The monoisotopic (exact) mass is 629 g/mol. The number of para-hydroxylation sites is 1. The second-order valence-corrected chi connectivity index (χ2v) is 13.6. The molecule has 4 nitrogen and oxygen atoms in total. The van der Waals surface area contributed by atoms with Crippen molar-refractivity contribution in [3.05, 3.63) is 168 Å². The van der Waals surface area contributed by atoms with Gasteiger partial charge in [-0.2, -0.15) is 0 Å². The first-order chi connectivity index (χ1) is 24.3. The lowest BCUT2D eigenvalue weighted by Gasteiger charge is -2.33.